The zero-order chi connectivity index (χ0) is 9.97. The van der Waals surface area contributed by atoms with Crippen molar-refractivity contribution < 1.29 is 0 Å². The lowest BCUT2D eigenvalue weighted by molar-refractivity contribution is 0.613. The van der Waals surface area contributed by atoms with Crippen LogP contribution in [0.4, 0.5) is 0 Å². The molecule has 0 amide bonds. The summed E-state index contributed by atoms with van der Waals surface area (Å²) in [6.45, 7) is 0. The third kappa shape index (κ3) is 1.64. The van der Waals surface area contributed by atoms with Gasteiger partial charge < -0.3 is 5.73 Å². The molecule has 1 saturated carbocycles. The van der Waals surface area contributed by atoms with Crippen LogP contribution >= 0.6 is 0 Å². The van der Waals surface area contributed by atoms with E-state index in [-0.39, 0.29) is 0 Å². The minimum absolute atomic E-state index is 0.308. The minimum atomic E-state index is 0.308. The van der Waals surface area contributed by atoms with Crippen molar-refractivity contribution in [2.75, 3.05) is 0 Å². The zero-order valence-corrected chi connectivity index (χ0v) is 8.11. The molecule has 0 heterocycles. The number of rotatable bonds is 1. The van der Waals surface area contributed by atoms with Gasteiger partial charge in [-0.1, -0.05) is 18.6 Å². The van der Waals surface area contributed by atoms with Crippen molar-refractivity contribution in [1.82, 2.24) is 0 Å². The molecule has 2 atom stereocenters. The maximum absolute atomic E-state index is 8.67. The van der Waals surface area contributed by atoms with Crippen LogP contribution in [0.5, 0.6) is 0 Å². The van der Waals surface area contributed by atoms with Gasteiger partial charge in [0, 0.05) is 6.04 Å². The number of nitriles is 1. The molecule has 14 heavy (non-hydrogen) atoms. The second-order valence-corrected chi connectivity index (χ2v) is 3.94. The Balaban J connectivity index is 2.21. The van der Waals surface area contributed by atoms with Crippen LogP contribution in [0.2, 0.25) is 0 Å². The van der Waals surface area contributed by atoms with Crippen LogP contribution in [0.3, 0.4) is 0 Å². The van der Waals surface area contributed by atoms with E-state index in [4.69, 9.17) is 11.0 Å². The van der Waals surface area contributed by atoms with Crippen LogP contribution in [0.15, 0.2) is 24.3 Å². The summed E-state index contributed by atoms with van der Waals surface area (Å²) in [5.41, 5.74) is 8.03. The molecule has 0 aromatic heterocycles. The van der Waals surface area contributed by atoms with E-state index in [2.05, 4.69) is 6.07 Å². The Morgan fingerprint density at radius 3 is 2.43 bits per heavy atom. The van der Waals surface area contributed by atoms with Gasteiger partial charge in [-0.2, -0.15) is 5.26 Å². The van der Waals surface area contributed by atoms with Gasteiger partial charge in [-0.15, -0.1) is 0 Å². The molecule has 1 aromatic rings. The molecule has 72 valence electrons. The number of hydrogen-bond donors (Lipinski definition) is 1. The first-order chi connectivity index (χ1) is 6.81. The monoisotopic (exact) mass is 186 g/mol. The van der Waals surface area contributed by atoms with Gasteiger partial charge in [0.05, 0.1) is 11.6 Å². The summed E-state index contributed by atoms with van der Waals surface area (Å²) in [6, 6.07) is 10.3. The Hall–Kier alpha value is -1.33. The van der Waals surface area contributed by atoms with Crippen molar-refractivity contribution in [2.45, 2.75) is 31.2 Å². The van der Waals surface area contributed by atoms with E-state index in [1.54, 1.807) is 0 Å². The standard InChI is InChI=1S/C12H14N2/c13-8-9-4-6-10(7-5-9)11-2-1-3-12(11)14/h4-7,11-12H,1-3,14H2/t11-,12-/m0/s1. The third-order valence-corrected chi connectivity index (χ3v) is 3.04. The summed E-state index contributed by atoms with van der Waals surface area (Å²) < 4.78 is 0. The van der Waals surface area contributed by atoms with Gasteiger partial charge in [-0.25, -0.2) is 0 Å². The summed E-state index contributed by atoms with van der Waals surface area (Å²) >= 11 is 0. The second-order valence-electron chi connectivity index (χ2n) is 3.94. The van der Waals surface area contributed by atoms with Gasteiger partial charge >= 0.3 is 0 Å². The second kappa shape index (κ2) is 3.81. The first-order valence-corrected chi connectivity index (χ1v) is 5.07. The summed E-state index contributed by atoms with van der Waals surface area (Å²) in [4.78, 5) is 0. The van der Waals surface area contributed by atoms with Crippen molar-refractivity contribution in [3.63, 3.8) is 0 Å². The smallest absolute Gasteiger partial charge is 0.0991 e. The number of nitrogens with zero attached hydrogens (tertiary/aromatic N) is 1. The average Bonchev–Trinajstić information content (AvgIpc) is 2.65. The van der Waals surface area contributed by atoms with E-state index >= 15 is 0 Å². The lowest BCUT2D eigenvalue weighted by Crippen LogP contribution is -2.22. The summed E-state index contributed by atoms with van der Waals surface area (Å²) in [6.07, 6.45) is 3.55. The normalized spacial score (nSPS) is 26.0. The third-order valence-electron chi connectivity index (χ3n) is 3.04. The molecule has 2 heteroatoms. The van der Waals surface area contributed by atoms with E-state index in [0.717, 1.165) is 12.0 Å². The van der Waals surface area contributed by atoms with Crippen LogP contribution in [-0.4, -0.2) is 6.04 Å². The molecule has 0 unspecified atom stereocenters. The zero-order valence-electron chi connectivity index (χ0n) is 8.11. The molecule has 0 saturated heterocycles. The molecule has 1 aromatic carbocycles. The van der Waals surface area contributed by atoms with Crippen LogP contribution < -0.4 is 5.73 Å². The molecule has 1 aliphatic rings. The lowest BCUT2D eigenvalue weighted by atomic mass is 9.94. The molecule has 2 N–H and O–H groups in total. The largest absolute Gasteiger partial charge is 0.327 e. The van der Waals surface area contributed by atoms with Gasteiger partial charge in [-0.05, 0) is 36.5 Å². The molecule has 1 fully saturated rings. The van der Waals surface area contributed by atoms with Gasteiger partial charge in [0.1, 0.15) is 0 Å². The summed E-state index contributed by atoms with van der Waals surface area (Å²) in [7, 11) is 0. The minimum Gasteiger partial charge on any atom is -0.327 e. The predicted octanol–water partition coefficient (Wildman–Crippen LogP) is 2.15. The van der Waals surface area contributed by atoms with E-state index < -0.39 is 0 Å². The Kier molecular flexibility index (Phi) is 2.51. The first-order valence-electron chi connectivity index (χ1n) is 5.07. The predicted molar refractivity (Wildman–Crippen MR) is 55.7 cm³/mol. The quantitative estimate of drug-likeness (QED) is 0.730. The number of hydrogen-bond acceptors (Lipinski definition) is 2. The summed E-state index contributed by atoms with van der Waals surface area (Å²) in [5.74, 6) is 0.503. The SMILES string of the molecule is N#Cc1ccc([C@@H]2CCC[C@@H]2N)cc1. The van der Waals surface area contributed by atoms with E-state index in [0.29, 0.717) is 12.0 Å². The molecule has 2 nitrogen and oxygen atoms in total. The van der Waals surface area contributed by atoms with Crippen molar-refractivity contribution in [3.05, 3.63) is 35.4 Å². The molecular weight excluding hydrogens is 172 g/mol. The molecule has 0 bridgehead atoms. The number of benzene rings is 1. The average molecular weight is 186 g/mol. The van der Waals surface area contributed by atoms with E-state index in [9.17, 15) is 0 Å². The highest BCUT2D eigenvalue weighted by molar-refractivity contribution is 5.33. The van der Waals surface area contributed by atoms with Crippen molar-refractivity contribution >= 4 is 0 Å². The van der Waals surface area contributed by atoms with Gasteiger partial charge in [0.25, 0.3) is 0 Å². The van der Waals surface area contributed by atoms with Crippen LogP contribution in [-0.2, 0) is 0 Å². The molecule has 0 aliphatic heterocycles. The Bertz CT molecular complexity index is 348. The van der Waals surface area contributed by atoms with E-state index in [1.165, 1.54) is 18.4 Å². The lowest BCUT2D eigenvalue weighted by Gasteiger charge is -2.15. The van der Waals surface area contributed by atoms with Crippen LogP contribution in [0, 0.1) is 11.3 Å². The number of nitrogens with two attached hydrogens (primary N) is 1. The fraction of sp³-hybridized carbons (Fsp3) is 0.417. The highest BCUT2D eigenvalue weighted by atomic mass is 14.7. The fourth-order valence-corrected chi connectivity index (χ4v) is 2.21. The highest BCUT2D eigenvalue weighted by Crippen LogP contribution is 2.33. The van der Waals surface area contributed by atoms with Crippen LogP contribution in [0.25, 0.3) is 0 Å². The Labute approximate surface area is 84.3 Å². The van der Waals surface area contributed by atoms with Crippen molar-refractivity contribution in [1.29, 1.82) is 5.26 Å². The highest BCUT2D eigenvalue weighted by Gasteiger charge is 2.24. The van der Waals surface area contributed by atoms with Crippen molar-refractivity contribution in [2.24, 2.45) is 5.73 Å². The molecule has 0 spiro atoms. The Morgan fingerprint density at radius 2 is 1.93 bits per heavy atom. The van der Waals surface area contributed by atoms with Gasteiger partial charge in [0.2, 0.25) is 0 Å². The Morgan fingerprint density at radius 1 is 1.21 bits per heavy atom. The van der Waals surface area contributed by atoms with Crippen molar-refractivity contribution in [3.8, 4) is 6.07 Å². The van der Waals surface area contributed by atoms with Crippen LogP contribution in [0.1, 0.15) is 36.3 Å². The maximum atomic E-state index is 8.67. The molecular formula is C12H14N2. The molecule has 2 rings (SSSR count). The topological polar surface area (TPSA) is 49.8 Å². The molecule has 0 radical (unpaired) electrons. The molecule has 1 aliphatic carbocycles. The van der Waals surface area contributed by atoms with Gasteiger partial charge in [0.15, 0.2) is 0 Å². The maximum Gasteiger partial charge on any atom is 0.0991 e. The summed E-state index contributed by atoms with van der Waals surface area (Å²) in [5, 5.41) is 8.67. The van der Waals surface area contributed by atoms with E-state index in [1.807, 2.05) is 24.3 Å². The fourth-order valence-electron chi connectivity index (χ4n) is 2.21. The van der Waals surface area contributed by atoms with Gasteiger partial charge in [-0.3, -0.25) is 0 Å². The first kappa shape index (κ1) is 9.23.